The Labute approximate surface area is 132 Å². The summed E-state index contributed by atoms with van der Waals surface area (Å²) in [5.74, 6) is 0.0799. The second-order valence-electron chi connectivity index (χ2n) is 5.98. The lowest BCUT2D eigenvalue weighted by atomic mass is 10.1. The van der Waals surface area contributed by atoms with E-state index in [4.69, 9.17) is 0 Å². The lowest BCUT2D eigenvalue weighted by molar-refractivity contribution is -0.116. The summed E-state index contributed by atoms with van der Waals surface area (Å²) in [5.41, 5.74) is 5.90. The zero-order chi connectivity index (χ0) is 15.5. The van der Waals surface area contributed by atoms with Gasteiger partial charge in [-0.25, -0.2) is 0 Å². The van der Waals surface area contributed by atoms with E-state index in [-0.39, 0.29) is 5.91 Å². The van der Waals surface area contributed by atoms with Crippen molar-refractivity contribution < 1.29 is 4.79 Å². The summed E-state index contributed by atoms with van der Waals surface area (Å²) in [6.07, 6.45) is 1.59. The summed E-state index contributed by atoms with van der Waals surface area (Å²) < 4.78 is 0. The van der Waals surface area contributed by atoms with Crippen LogP contribution >= 0.6 is 0 Å². The van der Waals surface area contributed by atoms with Crippen molar-refractivity contribution in [1.29, 1.82) is 0 Å². The second kappa shape index (κ2) is 6.22. The van der Waals surface area contributed by atoms with Crippen molar-refractivity contribution in [3.8, 4) is 0 Å². The molecule has 0 spiro atoms. The number of hydrogen-bond donors (Lipinski definition) is 1. The van der Waals surface area contributed by atoms with Gasteiger partial charge in [-0.05, 0) is 43.5 Å². The van der Waals surface area contributed by atoms with Gasteiger partial charge < -0.3 is 10.2 Å². The summed E-state index contributed by atoms with van der Waals surface area (Å²) >= 11 is 0. The predicted octanol–water partition coefficient (Wildman–Crippen LogP) is 3.69. The van der Waals surface area contributed by atoms with Crippen molar-refractivity contribution in [2.24, 2.45) is 0 Å². The van der Waals surface area contributed by atoms with Crippen molar-refractivity contribution in [2.45, 2.75) is 26.7 Å². The number of nitrogens with one attached hydrogen (secondary N) is 1. The van der Waals surface area contributed by atoms with Crippen LogP contribution in [0.15, 0.2) is 42.5 Å². The molecule has 1 aliphatic rings. The number of rotatable bonds is 4. The molecule has 0 unspecified atom stereocenters. The summed E-state index contributed by atoms with van der Waals surface area (Å²) in [7, 11) is 0. The molecule has 0 radical (unpaired) electrons. The van der Waals surface area contributed by atoms with Gasteiger partial charge in [0.15, 0.2) is 0 Å². The van der Waals surface area contributed by atoms with Gasteiger partial charge in [-0.15, -0.1) is 0 Å². The molecule has 1 N–H and O–H groups in total. The molecule has 0 saturated carbocycles. The molecule has 1 aliphatic heterocycles. The van der Waals surface area contributed by atoms with Crippen molar-refractivity contribution in [3.63, 3.8) is 0 Å². The number of para-hydroxylation sites is 1. The highest BCUT2D eigenvalue weighted by atomic mass is 16.1. The molecule has 0 aromatic heterocycles. The van der Waals surface area contributed by atoms with Gasteiger partial charge in [0.25, 0.3) is 0 Å². The molecule has 3 heteroatoms. The van der Waals surface area contributed by atoms with Gasteiger partial charge in [0.2, 0.25) is 5.91 Å². The minimum absolute atomic E-state index is 0.0799. The molecule has 3 nitrogen and oxygen atoms in total. The number of aryl methyl sites for hydroxylation is 2. The molecule has 3 rings (SSSR count). The Morgan fingerprint density at radius 3 is 2.82 bits per heavy atom. The van der Waals surface area contributed by atoms with Crippen molar-refractivity contribution in [3.05, 3.63) is 59.2 Å². The fourth-order valence-electron chi connectivity index (χ4n) is 3.04. The van der Waals surface area contributed by atoms with Crippen LogP contribution in [0.1, 0.15) is 23.1 Å². The Morgan fingerprint density at radius 1 is 1.18 bits per heavy atom. The van der Waals surface area contributed by atoms with Gasteiger partial charge >= 0.3 is 0 Å². The molecule has 0 fully saturated rings. The molecular formula is C19H22N2O. The van der Waals surface area contributed by atoms with Crippen molar-refractivity contribution in [1.82, 2.24) is 0 Å². The third-order valence-corrected chi connectivity index (χ3v) is 4.25. The molecule has 0 atom stereocenters. The van der Waals surface area contributed by atoms with Gasteiger partial charge in [-0.2, -0.15) is 0 Å². The Hall–Kier alpha value is -2.29. The van der Waals surface area contributed by atoms with Crippen LogP contribution in [0.3, 0.4) is 0 Å². The molecular weight excluding hydrogens is 272 g/mol. The van der Waals surface area contributed by atoms with Crippen molar-refractivity contribution in [2.75, 3.05) is 23.3 Å². The highest BCUT2D eigenvalue weighted by molar-refractivity contribution is 5.91. The lowest BCUT2D eigenvalue weighted by Gasteiger charge is -2.19. The topological polar surface area (TPSA) is 32.3 Å². The van der Waals surface area contributed by atoms with Gasteiger partial charge in [-0.3, -0.25) is 4.79 Å². The first-order valence-electron chi connectivity index (χ1n) is 7.83. The fourth-order valence-corrected chi connectivity index (χ4v) is 3.04. The zero-order valence-corrected chi connectivity index (χ0v) is 13.2. The lowest BCUT2D eigenvalue weighted by Crippen LogP contribution is -2.26. The third-order valence-electron chi connectivity index (χ3n) is 4.25. The van der Waals surface area contributed by atoms with Crippen molar-refractivity contribution >= 4 is 17.3 Å². The second-order valence-corrected chi connectivity index (χ2v) is 5.98. The molecule has 1 amide bonds. The average molecular weight is 294 g/mol. The van der Waals surface area contributed by atoms with Crippen LogP contribution in [0.5, 0.6) is 0 Å². The molecule has 2 aromatic carbocycles. The first-order chi connectivity index (χ1) is 10.6. The number of anilines is 2. The first-order valence-corrected chi connectivity index (χ1v) is 7.83. The number of amides is 1. The van der Waals surface area contributed by atoms with E-state index in [2.05, 4.69) is 47.5 Å². The average Bonchev–Trinajstić information content (AvgIpc) is 2.91. The van der Waals surface area contributed by atoms with Crippen LogP contribution in [0.2, 0.25) is 0 Å². The number of benzene rings is 2. The highest BCUT2D eigenvalue weighted by Gasteiger charge is 2.18. The van der Waals surface area contributed by atoms with E-state index in [0.29, 0.717) is 6.42 Å². The third kappa shape index (κ3) is 3.14. The van der Waals surface area contributed by atoms with E-state index in [1.54, 1.807) is 0 Å². The SMILES string of the molecule is Cc1ccc(NC(=O)CCN2CCc3ccccc32)c(C)c1. The Kier molecular flexibility index (Phi) is 4.14. The van der Waals surface area contributed by atoms with Gasteiger partial charge in [0.05, 0.1) is 0 Å². The van der Waals surface area contributed by atoms with E-state index in [1.165, 1.54) is 16.8 Å². The Morgan fingerprint density at radius 2 is 2.00 bits per heavy atom. The number of nitrogens with zero attached hydrogens (tertiary/aromatic N) is 1. The predicted molar refractivity (Wildman–Crippen MR) is 91.5 cm³/mol. The Balaban J connectivity index is 1.57. The molecule has 2 aromatic rings. The molecule has 22 heavy (non-hydrogen) atoms. The van der Waals surface area contributed by atoms with E-state index in [0.717, 1.165) is 30.8 Å². The fraction of sp³-hybridized carbons (Fsp3) is 0.316. The minimum atomic E-state index is 0.0799. The summed E-state index contributed by atoms with van der Waals surface area (Å²) in [4.78, 5) is 14.5. The molecule has 0 saturated heterocycles. The maximum Gasteiger partial charge on any atom is 0.226 e. The minimum Gasteiger partial charge on any atom is -0.370 e. The number of carbonyl (C=O) groups is 1. The Bertz CT molecular complexity index is 694. The summed E-state index contributed by atoms with van der Waals surface area (Å²) in [6.45, 7) is 5.87. The molecule has 1 heterocycles. The van der Waals surface area contributed by atoms with Crippen LogP contribution in [0.25, 0.3) is 0 Å². The van der Waals surface area contributed by atoms with Crippen LogP contribution < -0.4 is 10.2 Å². The molecule has 114 valence electrons. The van der Waals surface area contributed by atoms with E-state index in [9.17, 15) is 4.79 Å². The molecule has 0 bridgehead atoms. The zero-order valence-electron chi connectivity index (χ0n) is 13.2. The van der Waals surface area contributed by atoms with E-state index in [1.807, 2.05) is 19.1 Å². The maximum atomic E-state index is 12.2. The number of carbonyl (C=O) groups excluding carboxylic acids is 1. The number of fused-ring (bicyclic) bond motifs is 1. The normalized spacial score (nSPS) is 13.1. The quantitative estimate of drug-likeness (QED) is 0.932. The van der Waals surface area contributed by atoms with Crippen LogP contribution in [0, 0.1) is 13.8 Å². The van der Waals surface area contributed by atoms with E-state index >= 15 is 0 Å². The summed E-state index contributed by atoms with van der Waals surface area (Å²) in [6, 6.07) is 14.6. The monoisotopic (exact) mass is 294 g/mol. The van der Waals surface area contributed by atoms with E-state index < -0.39 is 0 Å². The number of hydrogen-bond acceptors (Lipinski definition) is 2. The maximum absolute atomic E-state index is 12.2. The smallest absolute Gasteiger partial charge is 0.226 e. The van der Waals surface area contributed by atoms with Gasteiger partial charge in [0.1, 0.15) is 0 Å². The van der Waals surface area contributed by atoms with Crippen LogP contribution in [-0.4, -0.2) is 19.0 Å². The summed E-state index contributed by atoms with van der Waals surface area (Å²) in [5, 5.41) is 3.02. The van der Waals surface area contributed by atoms with Gasteiger partial charge in [-0.1, -0.05) is 35.9 Å². The standard InChI is InChI=1S/C19H22N2O/c1-14-7-8-17(15(2)13-14)20-19(22)10-12-21-11-9-16-5-3-4-6-18(16)21/h3-8,13H,9-12H2,1-2H3,(H,20,22). The van der Waals surface area contributed by atoms with Crippen LogP contribution in [0.4, 0.5) is 11.4 Å². The molecule has 0 aliphatic carbocycles. The largest absolute Gasteiger partial charge is 0.370 e. The first kappa shape index (κ1) is 14.6. The van der Waals surface area contributed by atoms with Gasteiger partial charge in [0, 0.05) is 30.9 Å². The van der Waals surface area contributed by atoms with Crippen LogP contribution in [-0.2, 0) is 11.2 Å². The highest BCUT2D eigenvalue weighted by Crippen LogP contribution is 2.27.